The van der Waals surface area contributed by atoms with Gasteiger partial charge in [-0.3, -0.25) is 9.59 Å². The molecule has 0 aromatic heterocycles. The zero-order valence-corrected chi connectivity index (χ0v) is 18.8. The Morgan fingerprint density at radius 3 is 2.38 bits per heavy atom. The first kappa shape index (κ1) is 23.2. The molecule has 0 aliphatic rings. The molecule has 0 aliphatic heterocycles. The normalized spacial score (nSPS) is 12.0. The Balaban J connectivity index is 2.54. The predicted molar refractivity (Wildman–Crippen MR) is 119 cm³/mol. The van der Waals surface area contributed by atoms with E-state index >= 15 is 0 Å². The van der Waals surface area contributed by atoms with Gasteiger partial charge in [0.25, 0.3) is 5.91 Å². The van der Waals surface area contributed by atoms with Crippen molar-refractivity contribution in [2.75, 3.05) is 25.7 Å². The summed E-state index contributed by atoms with van der Waals surface area (Å²) in [6.45, 7) is 5.92. The topological polar surface area (TPSA) is 58.6 Å². The van der Waals surface area contributed by atoms with Crippen molar-refractivity contribution in [2.24, 2.45) is 5.92 Å². The quantitative estimate of drug-likeness (QED) is 0.660. The zero-order chi connectivity index (χ0) is 21.7. The first-order chi connectivity index (χ1) is 13.6. The maximum absolute atomic E-state index is 12.8. The fraction of sp³-hybridized carbons (Fsp3) is 0.364. The van der Waals surface area contributed by atoms with Crippen LogP contribution in [0.1, 0.15) is 31.1 Å². The van der Waals surface area contributed by atoms with Gasteiger partial charge in [0.15, 0.2) is 0 Å². The molecule has 0 saturated carbocycles. The first-order valence-electron chi connectivity index (χ1n) is 9.32. The van der Waals surface area contributed by atoms with E-state index in [2.05, 4.69) is 5.32 Å². The van der Waals surface area contributed by atoms with E-state index < -0.39 is 0 Å². The van der Waals surface area contributed by atoms with Crippen LogP contribution in [0.3, 0.4) is 0 Å². The molecule has 5 nitrogen and oxygen atoms in total. The Hall–Kier alpha value is -2.08. The third-order valence-corrected chi connectivity index (χ3v) is 4.98. The van der Waals surface area contributed by atoms with Crippen molar-refractivity contribution in [2.45, 2.75) is 26.8 Å². The van der Waals surface area contributed by atoms with Crippen LogP contribution in [-0.2, 0) is 9.53 Å². The van der Waals surface area contributed by atoms with E-state index in [0.29, 0.717) is 27.9 Å². The van der Waals surface area contributed by atoms with Gasteiger partial charge < -0.3 is 15.0 Å². The Labute approximate surface area is 181 Å². The third-order valence-electron chi connectivity index (χ3n) is 4.43. The van der Waals surface area contributed by atoms with E-state index in [9.17, 15) is 9.59 Å². The lowest BCUT2D eigenvalue weighted by Gasteiger charge is -2.22. The van der Waals surface area contributed by atoms with Gasteiger partial charge in [-0.15, -0.1) is 0 Å². The number of anilines is 1. The second-order valence-electron chi connectivity index (χ2n) is 7.27. The Kier molecular flexibility index (Phi) is 8.08. The van der Waals surface area contributed by atoms with Crippen molar-refractivity contribution in [3.63, 3.8) is 0 Å². The number of hydrogen-bond acceptors (Lipinski definition) is 3. The molecular formula is C22H26Cl2N2O3. The number of amides is 2. The summed E-state index contributed by atoms with van der Waals surface area (Å²) in [6.07, 6.45) is 0. The second kappa shape index (κ2) is 10.1. The lowest BCUT2D eigenvalue weighted by molar-refractivity contribution is -0.121. The highest BCUT2D eigenvalue weighted by molar-refractivity contribution is 6.36. The minimum Gasteiger partial charge on any atom is -0.383 e. The maximum atomic E-state index is 12.8. The van der Waals surface area contributed by atoms with Gasteiger partial charge in [0.1, 0.15) is 0 Å². The standard InChI is InChI=1S/C22H26Cl2N2O3/c1-13(2)22(28)26(4)18-9-15(19-7-6-17(23)11-20(19)24)8-16(10-18)21(27)25-14(3)12-29-5/h6-11,13-14H,12H2,1-5H3,(H,25,27)/t14-/m1/s1. The van der Waals surface area contributed by atoms with Crippen LogP contribution in [0.2, 0.25) is 10.0 Å². The van der Waals surface area contributed by atoms with Gasteiger partial charge in [0.05, 0.1) is 6.61 Å². The van der Waals surface area contributed by atoms with Crippen LogP contribution in [0.4, 0.5) is 5.69 Å². The smallest absolute Gasteiger partial charge is 0.251 e. The van der Waals surface area contributed by atoms with Gasteiger partial charge >= 0.3 is 0 Å². The van der Waals surface area contributed by atoms with Gasteiger partial charge in [0, 0.05) is 53.0 Å². The molecule has 1 atom stereocenters. The molecule has 0 radical (unpaired) electrons. The van der Waals surface area contributed by atoms with Gasteiger partial charge in [0.2, 0.25) is 5.91 Å². The van der Waals surface area contributed by atoms with Gasteiger partial charge in [-0.25, -0.2) is 0 Å². The SMILES string of the molecule is COC[C@@H](C)NC(=O)c1cc(-c2ccc(Cl)cc2Cl)cc(N(C)C(=O)C(C)C)c1. The summed E-state index contributed by atoms with van der Waals surface area (Å²) in [6, 6.07) is 10.3. The third kappa shape index (κ3) is 5.95. The van der Waals surface area contributed by atoms with Crippen molar-refractivity contribution in [1.82, 2.24) is 5.32 Å². The maximum Gasteiger partial charge on any atom is 0.251 e. The summed E-state index contributed by atoms with van der Waals surface area (Å²) in [5, 5.41) is 3.88. The number of carbonyl (C=O) groups excluding carboxylic acids is 2. The molecule has 2 aromatic rings. The van der Waals surface area contributed by atoms with Crippen LogP contribution in [0.15, 0.2) is 36.4 Å². The summed E-state index contributed by atoms with van der Waals surface area (Å²) in [7, 11) is 3.27. The van der Waals surface area contributed by atoms with Crippen molar-refractivity contribution in [3.8, 4) is 11.1 Å². The van der Waals surface area contributed by atoms with E-state index in [-0.39, 0.29) is 23.8 Å². The summed E-state index contributed by atoms with van der Waals surface area (Å²) in [5.74, 6) is -0.488. The number of ether oxygens (including phenoxy) is 1. The first-order valence-corrected chi connectivity index (χ1v) is 10.1. The minimum absolute atomic E-state index is 0.0523. The molecule has 2 rings (SSSR count). The lowest BCUT2D eigenvalue weighted by Crippen LogP contribution is -2.36. The van der Waals surface area contributed by atoms with E-state index in [1.54, 1.807) is 49.4 Å². The van der Waals surface area contributed by atoms with Crippen LogP contribution in [0.25, 0.3) is 11.1 Å². The summed E-state index contributed by atoms with van der Waals surface area (Å²) in [5.41, 5.74) is 2.48. The van der Waals surface area contributed by atoms with Crippen molar-refractivity contribution < 1.29 is 14.3 Å². The molecule has 29 heavy (non-hydrogen) atoms. The van der Waals surface area contributed by atoms with E-state index in [0.717, 1.165) is 11.1 Å². The predicted octanol–water partition coefficient (Wildman–Crippen LogP) is 5.04. The molecule has 7 heteroatoms. The van der Waals surface area contributed by atoms with Crippen molar-refractivity contribution >= 4 is 40.7 Å². The van der Waals surface area contributed by atoms with Crippen LogP contribution in [0, 0.1) is 5.92 Å². The molecular weight excluding hydrogens is 411 g/mol. The Morgan fingerprint density at radius 1 is 1.10 bits per heavy atom. The number of rotatable bonds is 7. The Morgan fingerprint density at radius 2 is 1.79 bits per heavy atom. The molecule has 1 N–H and O–H groups in total. The highest BCUT2D eigenvalue weighted by Gasteiger charge is 2.19. The zero-order valence-electron chi connectivity index (χ0n) is 17.3. The largest absolute Gasteiger partial charge is 0.383 e. The number of methoxy groups -OCH3 is 1. The fourth-order valence-corrected chi connectivity index (χ4v) is 3.45. The Bertz CT molecular complexity index is 900. The average molecular weight is 437 g/mol. The monoisotopic (exact) mass is 436 g/mol. The molecule has 0 spiro atoms. The van der Waals surface area contributed by atoms with Crippen molar-refractivity contribution in [3.05, 3.63) is 52.0 Å². The minimum atomic E-state index is -0.256. The van der Waals surface area contributed by atoms with Crippen LogP contribution < -0.4 is 10.2 Å². The molecule has 0 unspecified atom stereocenters. The summed E-state index contributed by atoms with van der Waals surface area (Å²) in [4.78, 5) is 26.9. The lowest BCUT2D eigenvalue weighted by atomic mass is 10.0. The molecule has 0 aliphatic carbocycles. The van der Waals surface area contributed by atoms with Crippen LogP contribution in [0.5, 0.6) is 0 Å². The number of nitrogens with one attached hydrogen (secondary N) is 1. The van der Waals surface area contributed by atoms with Gasteiger partial charge in [-0.2, -0.15) is 0 Å². The number of benzene rings is 2. The molecule has 0 heterocycles. The molecule has 2 aromatic carbocycles. The van der Waals surface area contributed by atoms with Crippen molar-refractivity contribution in [1.29, 1.82) is 0 Å². The fourth-order valence-electron chi connectivity index (χ4n) is 2.93. The van der Waals surface area contributed by atoms with E-state index in [1.807, 2.05) is 26.8 Å². The van der Waals surface area contributed by atoms with Crippen LogP contribution >= 0.6 is 23.2 Å². The molecule has 0 bridgehead atoms. The number of hydrogen-bond donors (Lipinski definition) is 1. The molecule has 156 valence electrons. The number of nitrogens with zero attached hydrogens (tertiary/aromatic N) is 1. The number of halogens is 2. The van der Waals surface area contributed by atoms with E-state index in [4.69, 9.17) is 27.9 Å². The highest BCUT2D eigenvalue weighted by Crippen LogP contribution is 2.33. The van der Waals surface area contributed by atoms with E-state index in [1.165, 1.54) is 0 Å². The molecule has 0 fully saturated rings. The average Bonchev–Trinajstić information content (AvgIpc) is 2.66. The molecule has 0 saturated heterocycles. The summed E-state index contributed by atoms with van der Waals surface area (Å²) >= 11 is 12.4. The number of carbonyl (C=O) groups is 2. The molecule has 2 amide bonds. The summed E-state index contributed by atoms with van der Waals surface area (Å²) < 4.78 is 5.08. The highest BCUT2D eigenvalue weighted by atomic mass is 35.5. The van der Waals surface area contributed by atoms with Gasteiger partial charge in [-0.1, -0.05) is 43.1 Å². The second-order valence-corrected chi connectivity index (χ2v) is 8.12. The van der Waals surface area contributed by atoms with Gasteiger partial charge in [-0.05, 0) is 42.8 Å². The van der Waals surface area contributed by atoms with Crippen LogP contribution in [-0.4, -0.2) is 38.6 Å².